The van der Waals surface area contributed by atoms with E-state index < -0.39 is 29.8 Å². The van der Waals surface area contributed by atoms with E-state index >= 15 is 0 Å². The average Bonchev–Trinajstić information content (AvgIpc) is 2.93. The monoisotopic (exact) mass is 620 g/mol. The Kier molecular flexibility index (Phi) is 16.0. The Bertz CT molecular complexity index is 1000. The largest absolute Gasteiger partial charge is 0.493 e. The zero-order chi connectivity index (χ0) is 32.9. The second-order valence-corrected chi connectivity index (χ2v) is 14.0. The molecule has 1 fully saturated rings. The van der Waals surface area contributed by atoms with Crippen LogP contribution in [0, 0.1) is 30.6 Å². The number of hydrogen-bond donors (Lipinski definition) is 3. The topological polar surface area (TPSA) is 115 Å². The smallest absolute Gasteiger partial charge is 0.407 e. The fourth-order valence-electron chi connectivity index (χ4n) is 5.56. The first-order valence-corrected chi connectivity index (χ1v) is 16.5. The number of alkyl carbamates (subject to hydrolysis) is 1. The maximum Gasteiger partial charge on any atom is 0.407 e. The van der Waals surface area contributed by atoms with Gasteiger partial charge in [0.25, 0.3) is 0 Å². The highest BCUT2D eigenvalue weighted by Crippen LogP contribution is 2.29. The SMILES string of the molecule is COCCCOc1cc(C[C@@H](C[C@H](NC(=O)OC(C)(C)C)[C@@H](O)C[C@H](C(=O)NC2CCOCC2)C(C)C)C(C)C)ccc1C. The number of carbonyl (C=O) groups is 2. The molecule has 0 spiro atoms. The summed E-state index contributed by atoms with van der Waals surface area (Å²) in [6.45, 7) is 18.3. The number of aryl methyl sites for hydroxylation is 1. The Morgan fingerprint density at radius 3 is 2.32 bits per heavy atom. The van der Waals surface area contributed by atoms with Crippen LogP contribution >= 0.6 is 0 Å². The summed E-state index contributed by atoms with van der Waals surface area (Å²) in [7, 11) is 1.69. The Morgan fingerprint density at radius 2 is 1.73 bits per heavy atom. The van der Waals surface area contributed by atoms with Crippen LogP contribution in [0.1, 0.15) is 91.7 Å². The number of methoxy groups -OCH3 is 1. The van der Waals surface area contributed by atoms with Crippen LogP contribution < -0.4 is 15.4 Å². The zero-order valence-corrected chi connectivity index (χ0v) is 28.7. The fourth-order valence-corrected chi connectivity index (χ4v) is 5.56. The van der Waals surface area contributed by atoms with Gasteiger partial charge >= 0.3 is 6.09 Å². The van der Waals surface area contributed by atoms with Gasteiger partial charge in [-0.3, -0.25) is 4.79 Å². The number of hydrogen-bond acceptors (Lipinski definition) is 7. The number of rotatable bonds is 17. The molecule has 1 aliphatic rings. The lowest BCUT2D eigenvalue weighted by atomic mass is 9.80. The molecule has 1 aromatic carbocycles. The number of nitrogens with one attached hydrogen (secondary N) is 2. The molecule has 4 atom stereocenters. The molecule has 2 rings (SSSR count). The van der Waals surface area contributed by atoms with Crippen molar-refractivity contribution in [3.05, 3.63) is 29.3 Å². The van der Waals surface area contributed by atoms with E-state index in [4.69, 9.17) is 18.9 Å². The third-order valence-electron chi connectivity index (χ3n) is 8.37. The highest BCUT2D eigenvalue weighted by molar-refractivity contribution is 5.79. The predicted molar refractivity (Wildman–Crippen MR) is 174 cm³/mol. The molecule has 9 nitrogen and oxygen atoms in total. The number of carbonyl (C=O) groups excluding carboxylic acids is 2. The summed E-state index contributed by atoms with van der Waals surface area (Å²) in [4.78, 5) is 26.3. The zero-order valence-electron chi connectivity index (χ0n) is 28.7. The molecular weight excluding hydrogens is 560 g/mol. The molecule has 44 heavy (non-hydrogen) atoms. The van der Waals surface area contributed by atoms with E-state index in [1.807, 2.05) is 41.5 Å². The molecule has 0 aromatic heterocycles. The minimum absolute atomic E-state index is 0.0161. The number of benzene rings is 1. The lowest BCUT2D eigenvalue weighted by Gasteiger charge is -2.34. The quantitative estimate of drug-likeness (QED) is 0.188. The van der Waals surface area contributed by atoms with E-state index in [1.165, 1.54) is 0 Å². The van der Waals surface area contributed by atoms with Crippen LogP contribution in [0.15, 0.2) is 18.2 Å². The van der Waals surface area contributed by atoms with Gasteiger partial charge in [0.05, 0.1) is 18.8 Å². The summed E-state index contributed by atoms with van der Waals surface area (Å²) in [6.07, 6.45) is 2.41. The molecule has 0 radical (unpaired) electrons. The summed E-state index contributed by atoms with van der Waals surface area (Å²) < 4.78 is 22.2. The molecule has 1 saturated heterocycles. The van der Waals surface area contributed by atoms with Crippen molar-refractivity contribution < 1.29 is 33.6 Å². The standard InChI is InChI=1S/C35H60N2O7/c1-23(2)27(19-26-12-11-25(5)32(20-26)43-16-10-15-41-9)21-30(37-34(40)44-35(6,7)8)31(38)22-29(24(3)4)33(39)36-28-13-17-42-18-14-28/h11-12,20,23-24,27-31,38H,10,13-19,21-22H2,1-9H3,(H,36,39)(H,37,40)/t27-,29-,30-,31-/m0/s1. The van der Waals surface area contributed by atoms with Crippen LogP contribution in [0.5, 0.6) is 5.75 Å². The van der Waals surface area contributed by atoms with Gasteiger partial charge in [0.2, 0.25) is 5.91 Å². The predicted octanol–water partition coefficient (Wildman–Crippen LogP) is 5.83. The Morgan fingerprint density at radius 1 is 1.05 bits per heavy atom. The molecule has 0 aliphatic carbocycles. The molecule has 0 bridgehead atoms. The van der Waals surface area contributed by atoms with Crippen molar-refractivity contribution in [2.24, 2.45) is 23.7 Å². The van der Waals surface area contributed by atoms with Crippen molar-refractivity contribution in [1.29, 1.82) is 0 Å². The second kappa shape index (κ2) is 18.6. The molecule has 0 unspecified atom stereocenters. The van der Waals surface area contributed by atoms with Gasteiger partial charge in [0.15, 0.2) is 0 Å². The van der Waals surface area contributed by atoms with E-state index in [1.54, 1.807) is 7.11 Å². The molecule has 1 heterocycles. The van der Waals surface area contributed by atoms with Gasteiger partial charge in [-0.05, 0) is 94.7 Å². The van der Waals surface area contributed by atoms with E-state index in [0.717, 1.165) is 42.6 Å². The first kappa shape index (κ1) is 37.8. The summed E-state index contributed by atoms with van der Waals surface area (Å²) in [5, 5.41) is 17.8. The van der Waals surface area contributed by atoms with Crippen LogP contribution in [-0.4, -0.2) is 74.4 Å². The van der Waals surface area contributed by atoms with E-state index in [-0.39, 0.29) is 36.1 Å². The maximum atomic E-state index is 13.4. The van der Waals surface area contributed by atoms with Gasteiger partial charge in [-0.1, -0.05) is 39.8 Å². The van der Waals surface area contributed by atoms with Gasteiger partial charge in [-0.2, -0.15) is 0 Å². The average molecular weight is 621 g/mol. The summed E-state index contributed by atoms with van der Waals surface area (Å²) in [5.41, 5.74) is 1.53. The molecule has 0 saturated carbocycles. The molecule has 3 N–H and O–H groups in total. The maximum absolute atomic E-state index is 13.4. The number of ether oxygens (including phenoxy) is 4. The number of aliphatic hydroxyl groups excluding tert-OH is 1. The van der Waals surface area contributed by atoms with Crippen molar-refractivity contribution in [2.75, 3.05) is 33.5 Å². The molecular formula is C35H60N2O7. The van der Waals surface area contributed by atoms with Gasteiger partial charge in [0.1, 0.15) is 11.4 Å². The van der Waals surface area contributed by atoms with Gasteiger partial charge in [-0.15, -0.1) is 0 Å². The second-order valence-electron chi connectivity index (χ2n) is 14.0. The third-order valence-corrected chi connectivity index (χ3v) is 8.37. The highest BCUT2D eigenvalue weighted by atomic mass is 16.6. The van der Waals surface area contributed by atoms with E-state index in [2.05, 4.69) is 42.7 Å². The van der Waals surface area contributed by atoms with Crippen molar-refractivity contribution in [1.82, 2.24) is 10.6 Å². The van der Waals surface area contributed by atoms with Crippen LogP contribution in [0.2, 0.25) is 0 Å². The van der Waals surface area contributed by atoms with Crippen molar-refractivity contribution in [3.8, 4) is 5.75 Å². The van der Waals surface area contributed by atoms with E-state index in [9.17, 15) is 14.7 Å². The molecule has 1 aromatic rings. The first-order chi connectivity index (χ1) is 20.7. The Balaban J connectivity index is 2.23. The minimum atomic E-state index is -0.936. The number of amides is 2. The van der Waals surface area contributed by atoms with Crippen molar-refractivity contribution in [2.45, 2.75) is 118 Å². The Labute approximate surface area is 266 Å². The van der Waals surface area contributed by atoms with Crippen LogP contribution in [-0.2, 0) is 25.4 Å². The summed E-state index contributed by atoms with van der Waals surface area (Å²) in [5.74, 6) is 0.836. The molecule has 1 aliphatic heterocycles. The minimum Gasteiger partial charge on any atom is -0.493 e. The van der Waals surface area contributed by atoms with E-state index in [0.29, 0.717) is 32.8 Å². The van der Waals surface area contributed by atoms with Gasteiger partial charge in [0, 0.05) is 45.3 Å². The third kappa shape index (κ3) is 13.7. The number of aliphatic hydroxyl groups is 1. The van der Waals surface area contributed by atoms with Gasteiger partial charge in [-0.25, -0.2) is 4.79 Å². The van der Waals surface area contributed by atoms with Gasteiger partial charge < -0.3 is 34.7 Å². The molecule has 9 heteroatoms. The fraction of sp³-hybridized carbons (Fsp3) is 0.771. The van der Waals surface area contributed by atoms with Crippen LogP contribution in [0.25, 0.3) is 0 Å². The van der Waals surface area contributed by atoms with Crippen LogP contribution in [0.4, 0.5) is 4.79 Å². The lowest BCUT2D eigenvalue weighted by molar-refractivity contribution is -0.129. The highest BCUT2D eigenvalue weighted by Gasteiger charge is 2.34. The normalized spacial score (nSPS) is 17.2. The first-order valence-electron chi connectivity index (χ1n) is 16.5. The van der Waals surface area contributed by atoms with Crippen molar-refractivity contribution >= 4 is 12.0 Å². The summed E-state index contributed by atoms with van der Waals surface area (Å²) >= 11 is 0. The lowest BCUT2D eigenvalue weighted by Crippen LogP contribution is -2.49. The van der Waals surface area contributed by atoms with Crippen molar-refractivity contribution in [3.63, 3.8) is 0 Å². The molecule has 2 amide bonds. The van der Waals surface area contributed by atoms with Crippen LogP contribution in [0.3, 0.4) is 0 Å². The Hall–Kier alpha value is -2.36. The molecule has 252 valence electrons. The summed E-state index contributed by atoms with van der Waals surface area (Å²) in [6, 6.07) is 5.78.